The molecular weight excluding hydrogens is 308 g/mol. The van der Waals surface area contributed by atoms with Crippen molar-refractivity contribution in [2.45, 2.75) is 117 Å². The summed E-state index contributed by atoms with van der Waals surface area (Å²) < 4.78 is 12.2. The van der Waals surface area contributed by atoms with Gasteiger partial charge in [-0.05, 0) is 37.5 Å². The molecule has 0 aromatic carbocycles. The SMILES string of the molecule is CCCCCCCC1CCC(C2(C)COC(CCCCC)OC2)CC1. The zero-order valence-electron chi connectivity index (χ0n) is 17.4. The molecule has 1 saturated carbocycles. The number of hydrogen-bond acceptors (Lipinski definition) is 2. The Morgan fingerprint density at radius 3 is 1.92 bits per heavy atom. The van der Waals surface area contributed by atoms with Gasteiger partial charge in [-0.25, -0.2) is 0 Å². The molecule has 0 N–H and O–H groups in total. The average Bonchev–Trinajstić information content (AvgIpc) is 2.64. The van der Waals surface area contributed by atoms with Crippen molar-refractivity contribution in [2.75, 3.05) is 13.2 Å². The second-order valence-corrected chi connectivity index (χ2v) is 9.12. The van der Waals surface area contributed by atoms with E-state index >= 15 is 0 Å². The van der Waals surface area contributed by atoms with E-state index in [4.69, 9.17) is 9.47 Å². The van der Waals surface area contributed by atoms with E-state index in [0.717, 1.165) is 31.5 Å². The molecule has 0 atom stereocenters. The fraction of sp³-hybridized carbons (Fsp3) is 1.00. The van der Waals surface area contributed by atoms with Gasteiger partial charge in [-0.2, -0.15) is 0 Å². The number of unbranched alkanes of at least 4 members (excludes halogenated alkanes) is 6. The van der Waals surface area contributed by atoms with Crippen LogP contribution in [-0.4, -0.2) is 19.5 Å². The van der Waals surface area contributed by atoms with Crippen molar-refractivity contribution >= 4 is 0 Å². The molecule has 0 radical (unpaired) electrons. The summed E-state index contributed by atoms with van der Waals surface area (Å²) in [5.41, 5.74) is 0.257. The largest absolute Gasteiger partial charge is 0.352 e. The molecule has 25 heavy (non-hydrogen) atoms. The maximum atomic E-state index is 6.10. The van der Waals surface area contributed by atoms with Gasteiger partial charge in [-0.15, -0.1) is 0 Å². The Bertz CT molecular complexity index is 325. The second-order valence-electron chi connectivity index (χ2n) is 9.12. The van der Waals surface area contributed by atoms with Crippen molar-refractivity contribution in [1.29, 1.82) is 0 Å². The van der Waals surface area contributed by atoms with Gasteiger partial charge in [0.15, 0.2) is 6.29 Å². The van der Waals surface area contributed by atoms with Crippen molar-refractivity contribution in [3.05, 3.63) is 0 Å². The first kappa shape index (κ1) is 21.2. The Labute approximate surface area is 157 Å². The zero-order chi connectivity index (χ0) is 18.0. The molecule has 0 bridgehead atoms. The van der Waals surface area contributed by atoms with E-state index in [2.05, 4.69) is 20.8 Å². The van der Waals surface area contributed by atoms with Crippen molar-refractivity contribution in [3.63, 3.8) is 0 Å². The standard InChI is InChI=1S/C23H44O2/c1-4-6-8-9-11-12-20-14-16-21(17-15-20)23(3)18-24-22(25-19-23)13-10-7-5-2/h20-22H,4-19H2,1-3H3. The van der Waals surface area contributed by atoms with Crippen molar-refractivity contribution in [1.82, 2.24) is 0 Å². The van der Waals surface area contributed by atoms with Crippen LogP contribution in [0.2, 0.25) is 0 Å². The minimum absolute atomic E-state index is 0.0686. The van der Waals surface area contributed by atoms with Gasteiger partial charge in [0.1, 0.15) is 0 Å². The summed E-state index contributed by atoms with van der Waals surface area (Å²) in [5, 5.41) is 0. The van der Waals surface area contributed by atoms with Gasteiger partial charge in [0, 0.05) is 5.41 Å². The summed E-state index contributed by atoms with van der Waals surface area (Å²) in [6.07, 6.45) is 19.2. The lowest BCUT2D eigenvalue weighted by atomic mass is 9.67. The van der Waals surface area contributed by atoms with E-state index in [1.807, 2.05) is 0 Å². The molecule has 148 valence electrons. The topological polar surface area (TPSA) is 18.5 Å². The molecule has 1 aliphatic carbocycles. The van der Waals surface area contributed by atoms with Crippen molar-refractivity contribution in [3.8, 4) is 0 Å². The first-order chi connectivity index (χ1) is 12.2. The summed E-state index contributed by atoms with van der Waals surface area (Å²) in [7, 11) is 0. The van der Waals surface area contributed by atoms with Crippen LogP contribution in [0.15, 0.2) is 0 Å². The molecule has 1 aliphatic heterocycles. The van der Waals surface area contributed by atoms with E-state index in [0.29, 0.717) is 0 Å². The third-order valence-corrected chi connectivity index (χ3v) is 6.79. The minimum atomic E-state index is 0.0686. The van der Waals surface area contributed by atoms with Gasteiger partial charge >= 0.3 is 0 Å². The van der Waals surface area contributed by atoms with E-state index in [1.54, 1.807) is 0 Å². The van der Waals surface area contributed by atoms with Crippen LogP contribution in [0.4, 0.5) is 0 Å². The maximum Gasteiger partial charge on any atom is 0.157 e. The normalized spacial score (nSPS) is 33.5. The van der Waals surface area contributed by atoms with Crippen LogP contribution in [0.25, 0.3) is 0 Å². The molecule has 2 heteroatoms. The Morgan fingerprint density at radius 2 is 1.28 bits per heavy atom. The number of rotatable bonds is 11. The molecule has 1 heterocycles. The molecule has 2 fully saturated rings. The summed E-state index contributed by atoms with van der Waals surface area (Å²) in [6.45, 7) is 8.78. The predicted octanol–water partition coefficient (Wildman–Crippen LogP) is 7.11. The molecule has 0 amide bonds. The highest BCUT2D eigenvalue weighted by molar-refractivity contribution is 4.88. The number of ether oxygens (including phenoxy) is 2. The maximum absolute atomic E-state index is 6.10. The van der Waals surface area contributed by atoms with E-state index in [1.165, 1.54) is 83.5 Å². The summed E-state index contributed by atoms with van der Waals surface area (Å²) in [5.74, 6) is 1.80. The van der Waals surface area contributed by atoms with Gasteiger partial charge in [0.25, 0.3) is 0 Å². The highest BCUT2D eigenvalue weighted by Gasteiger charge is 2.40. The zero-order valence-corrected chi connectivity index (χ0v) is 17.4. The summed E-state index contributed by atoms with van der Waals surface area (Å²) in [6, 6.07) is 0. The molecule has 1 saturated heterocycles. The van der Waals surface area contributed by atoms with Crippen LogP contribution in [0, 0.1) is 17.3 Å². The Balaban J connectivity index is 1.61. The van der Waals surface area contributed by atoms with Crippen molar-refractivity contribution in [2.24, 2.45) is 17.3 Å². The van der Waals surface area contributed by atoms with Crippen LogP contribution in [0.3, 0.4) is 0 Å². The summed E-state index contributed by atoms with van der Waals surface area (Å²) >= 11 is 0. The quantitative estimate of drug-likeness (QED) is 0.369. The lowest BCUT2D eigenvalue weighted by Gasteiger charge is -2.45. The van der Waals surface area contributed by atoms with Gasteiger partial charge in [-0.1, -0.05) is 85.0 Å². The van der Waals surface area contributed by atoms with Crippen LogP contribution >= 0.6 is 0 Å². The summed E-state index contributed by atoms with van der Waals surface area (Å²) in [4.78, 5) is 0. The Morgan fingerprint density at radius 1 is 0.720 bits per heavy atom. The Kier molecular flexibility index (Phi) is 9.84. The van der Waals surface area contributed by atoms with Crippen LogP contribution in [-0.2, 0) is 9.47 Å². The first-order valence-corrected chi connectivity index (χ1v) is 11.4. The fourth-order valence-corrected chi connectivity index (χ4v) is 4.80. The average molecular weight is 353 g/mol. The van der Waals surface area contributed by atoms with Gasteiger partial charge < -0.3 is 9.47 Å². The fourth-order valence-electron chi connectivity index (χ4n) is 4.80. The third-order valence-electron chi connectivity index (χ3n) is 6.79. The highest BCUT2D eigenvalue weighted by atomic mass is 16.7. The molecule has 2 aliphatic rings. The monoisotopic (exact) mass is 352 g/mol. The Hall–Kier alpha value is -0.0800. The molecule has 0 spiro atoms. The minimum Gasteiger partial charge on any atom is -0.352 e. The second kappa shape index (κ2) is 11.6. The van der Waals surface area contributed by atoms with E-state index < -0.39 is 0 Å². The molecule has 0 aromatic rings. The van der Waals surface area contributed by atoms with Crippen LogP contribution < -0.4 is 0 Å². The third kappa shape index (κ3) is 7.21. The van der Waals surface area contributed by atoms with Crippen LogP contribution in [0.1, 0.15) is 111 Å². The molecule has 0 unspecified atom stereocenters. The van der Waals surface area contributed by atoms with Gasteiger partial charge in [-0.3, -0.25) is 0 Å². The van der Waals surface area contributed by atoms with Crippen molar-refractivity contribution < 1.29 is 9.47 Å². The predicted molar refractivity (Wildman–Crippen MR) is 107 cm³/mol. The first-order valence-electron chi connectivity index (χ1n) is 11.4. The van der Waals surface area contributed by atoms with E-state index in [9.17, 15) is 0 Å². The smallest absolute Gasteiger partial charge is 0.157 e. The molecular formula is C23H44O2. The number of hydrogen-bond donors (Lipinski definition) is 0. The van der Waals surface area contributed by atoms with Gasteiger partial charge in [0.2, 0.25) is 0 Å². The molecule has 2 nitrogen and oxygen atoms in total. The van der Waals surface area contributed by atoms with Gasteiger partial charge in [0.05, 0.1) is 13.2 Å². The lowest BCUT2D eigenvalue weighted by Crippen LogP contribution is -2.45. The highest BCUT2D eigenvalue weighted by Crippen LogP contribution is 2.44. The molecule has 2 rings (SSSR count). The lowest BCUT2D eigenvalue weighted by molar-refractivity contribution is -0.241. The van der Waals surface area contributed by atoms with E-state index in [-0.39, 0.29) is 11.7 Å². The molecule has 0 aromatic heterocycles. The van der Waals surface area contributed by atoms with Crippen LogP contribution in [0.5, 0.6) is 0 Å².